The number of sulfonamides is 1. The van der Waals surface area contributed by atoms with Crippen LogP contribution in [0.3, 0.4) is 0 Å². The Morgan fingerprint density at radius 1 is 0.968 bits per heavy atom. The number of aryl methyl sites for hydroxylation is 2. The maximum Gasteiger partial charge on any atom is 0.243 e. The van der Waals surface area contributed by atoms with E-state index in [2.05, 4.69) is 12.2 Å². The van der Waals surface area contributed by atoms with Crippen molar-refractivity contribution in [3.05, 3.63) is 94.5 Å². The molecule has 0 spiro atoms. The minimum absolute atomic E-state index is 0.0158. The summed E-state index contributed by atoms with van der Waals surface area (Å²) >= 11 is 6.26. The second-order valence-corrected chi connectivity index (χ2v) is 9.62. The lowest BCUT2D eigenvalue weighted by Gasteiger charge is -2.22. The molecule has 5 nitrogen and oxygen atoms in total. The molecule has 162 valence electrons. The molecule has 0 aliphatic carbocycles. The summed E-state index contributed by atoms with van der Waals surface area (Å²) in [5.41, 5.74) is 3.35. The van der Waals surface area contributed by atoms with Gasteiger partial charge < -0.3 is 5.32 Å². The van der Waals surface area contributed by atoms with Crippen LogP contribution in [0.15, 0.2) is 77.7 Å². The predicted octanol–water partition coefficient (Wildman–Crippen LogP) is 5.04. The van der Waals surface area contributed by atoms with Gasteiger partial charge in [-0.2, -0.15) is 4.31 Å². The lowest BCUT2D eigenvalue weighted by atomic mass is 10.1. The SMILES string of the molecule is CCc1ccc(NC(=O)CN(Cc2ccccc2Cl)S(=O)(=O)c2ccc(C)cc2)cc1. The van der Waals surface area contributed by atoms with Crippen molar-refractivity contribution in [2.75, 3.05) is 11.9 Å². The smallest absolute Gasteiger partial charge is 0.243 e. The van der Waals surface area contributed by atoms with Gasteiger partial charge in [0.05, 0.1) is 11.4 Å². The summed E-state index contributed by atoms with van der Waals surface area (Å²) in [5, 5.41) is 3.23. The fourth-order valence-corrected chi connectivity index (χ4v) is 4.66. The van der Waals surface area contributed by atoms with Gasteiger partial charge in [-0.1, -0.05) is 66.6 Å². The molecule has 7 heteroatoms. The van der Waals surface area contributed by atoms with E-state index in [4.69, 9.17) is 11.6 Å². The molecule has 0 saturated heterocycles. The maximum atomic E-state index is 13.3. The summed E-state index contributed by atoms with van der Waals surface area (Å²) in [6.07, 6.45) is 0.897. The Labute approximate surface area is 188 Å². The summed E-state index contributed by atoms with van der Waals surface area (Å²) in [6, 6.07) is 21.0. The molecule has 1 N–H and O–H groups in total. The number of hydrogen-bond donors (Lipinski definition) is 1. The first-order chi connectivity index (χ1) is 14.8. The molecule has 0 heterocycles. The van der Waals surface area contributed by atoms with Gasteiger partial charge in [-0.15, -0.1) is 0 Å². The number of carbonyl (C=O) groups is 1. The number of carbonyl (C=O) groups excluding carboxylic acids is 1. The molecule has 0 aliphatic heterocycles. The van der Waals surface area contributed by atoms with Crippen molar-refractivity contribution in [1.29, 1.82) is 0 Å². The third-order valence-corrected chi connectivity index (χ3v) is 7.10. The Morgan fingerprint density at radius 2 is 1.61 bits per heavy atom. The highest BCUT2D eigenvalue weighted by Gasteiger charge is 2.27. The van der Waals surface area contributed by atoms with Crippen LogP contribution in [-0.2, 0) is 27.8 Å². The van der Waals surface area contributed by atoms with Crippen molar-refractivity contribution in [2.24, 2.45) is 0 Å². The molecule has 0 saturated carbocycles. The minimum atomic E-state index is -3.92. The molecule has 0 atom stereocenters. The molecule has 0 radical (unpaired) electrons. The number of nitrogens with one attached hydrogen (secondary N) is 1. The van der Waals surface area contributed by atoms with Crippen molar-refractivity contribution < 1.29 is 13.2 Å². The van der Waals surface area contributed by atoms with Gasteiger partial charge in [0.2, 0.25) is 15.9 Å². The van der Waals surface area contributed by atoms with Crippen LogP contribution in [0, 0.1) is 6.92 Å². The number of hydrogen-bond acceptors (Lipinski definition) is 3. The zero-order chi connectivity index (χ0) is 22.4. The van der Waals surface area contributed by atoms with E-state index in [0.717, 1.165) is 21.9 Å². The Morgan fingerprint density at radius 3 is 2.23 bits per heavy atom. The first kappa shape index (κ1) is 23.0. The summed E-state index contributed by atoms with van der Waals surface area (Å²) in [4.78, 5) is 12.9. The minimum Gasteiger partial charge on any atom is -0.325 e. The first-order valence-electron chi connectivity index (χ1n) is 9.98. The summed E-state index contributed by atoms with van der Waals surface area (Å²) in [5.74, 6) is -0.424. The molecule has 1 amide bonds. The Bertz CT molecular complexity index is 1140. The quantitative estimate of drug-likeness (QED) is 0.516. The van der Waals surface area contributed by atoms with Gasteiger partial charge in [0.15, 0.2) is 0 Å². The van der Waals surface area contributed by atoms with E-state index in [1.165, 1.54) is 0 Å². The zero-order valence-corrected chi connectivity index (χ0v) is 19.1. The number of amides is 1. The number of rotatable bonds is 8. The number of nitrogens with zero attached hydrogens (tertiary/aromatic N) is 1. The van der Waals surface area contributed by atoms with Crippen LogP contribution in [0.2, 0.25) is 5.02 Å². The van der Waals surface area contributed by atoms with E-state index < -0.39 is 15.9 Å². The van der Waals surface area contributed by atoms with Gasteiger partial charge in [-0.3, -0.25) is 4.79 Å². The summed E-state index contributed by atoms with van der Waals surface area (Å²) in [7, 11) is -3.92. The largest absolute Gasteiger partial charge is 0.325 e. The van der Waals surface area contributed by atoms with Crippen molar-refractivity contribution in [3.8, 4) is 0 Å². The molecule has 31 heavy (non-hydrogen) atoms. The maximum absolute atomic E-state index is 13.3. The third-order valence-electron chi connectivity index (χ3n) is 4.93. The van der Waals surface area contributed by atoms with Crippen molar-refractivity contribution in [1.82, 2.24) is 4.31 Å². The zero-order valence-electron chi connectivity index (χ0n) is 17.5. The van der Waals surface area contributed by atoms with E-state index in [1.54, 1.807) is 48.5 Å². The number of halogens is 1. The lowest BCUT2D eigenvalue weighted by Crippen LogP contribution is -2.37. The Balaban J connectivity index is 1.86. The van der Waals surface area contributed by atoms with Crippen LogP contribution in [0.25, 0.3) is 0 Å². The van der Waals surface area contributed by atoms with Crippen LogP contribution >= 0.6 is 11.6 Å². The second kappa shape index (κ2) is 10.1. The lowest BCUT2D eigenvalue weighted by molar-refractivity contribution is -0.116. The predicted molar refractivity (Wildman–Crippen MR) is 125 cm³/mol. The fraction of sp³-hybridized carbons (Fsp3) is 0.208. The van der Waals surface area contributed by atoms with Gasteiger partial charge in [-0.25, -0.2) is 8.42 Å². The summed E-state index contributed by atoms with van der Waals surface area (Å²) < 4.78 is 27.8. The highest BCUT2D eigenvalue weighted by Crippen LogP contribution is 2.23. The van der Waals surface area contributed by atoms with E-state index in [0.29, 0.717) is 16.3 Å². The molecular weight excluding hydrogens is 432 g/mol. The Kier molecular flexibility index (Phi) is 7.49. The van der Waals surface area contributed by atoms with Gasteiger partial charge in [0, 0.05) is 17.3 Å². The van der Waals surface area contributed by atoms with Crippen molar-refractivity contribution in [3.63, 3.8) is 0 Å². The first-order valence-corrected chi connectivity index (χ1v) is 11.8. The third kappa shape index (κ3) is 5.94. The number of anilines is 1. The molecule has 0 unspecified atom stereocenters. The van der Waals surface area contributed by atoms with Crippen LogP contribution in [0.1, 0.15) is 23.6 Å². The molecule has 0 aliphatic rings. The van der Waals surface area contributed by atoms with E-state index in [9.17, 15) is 13.2 Å². The van der Waals surface area contributed by atoms with Gasteiger partial charge in [0.1, 0.15) is 0 Å². The van der Waals surface area contributed by atoms with Gasteiger partial charge in [0.25, 0.3) is 0 Å². The molecule has 3 rings (SSSR count). The van der Waals surface area contributed by atoms with Crippen molar-refractivity contribution >= 4 is 33.2 Å². The normalized spacial score (nSPS) is 11.5. The average molecular weight is 457 g/mol. The molecule has 3 aromatic carbocycles. The Hall–Kier alpha value is -2.67. The van der Waals surface area contributed by atoms with Gasteiger partial charge >= 0.3 is 0 Å². The topological polar surface area (TPSA) is 66.5 Å². The highest BCUT2D eigenvalue weighted by molar-refractivity contribution is 7.89. The van der Waals surface area contributed by atoms with Gasteiger partial charge in [-0.05, 0) is 54.8 Å². The highest BCUT2D eigenvalue weighted by atomic mass is 35.5. The van der Waals surface area contributed by atoms with Crippen LogP contribution < -0.4 is 5.32 Å². The molecule has 3 aromatic rings. The molecule has 0 fully saturated rings. The average Bonchev–Trinajstić information content (AvgIpc) is 2.75. The van der Waals surface area contributed by atoms with E-state index >= 15 is 0 Å². The second-order valence-electron chi connectivity index (χ2n) is 7.28. The summed E-state index contributed by atoms with van der Waals surface area (Å²) in [6.45, 7) is 3.58. The van der Waals surface area contributed by atoms with E-state index in [1.807, 2.05) is 31.2 Å². The molecule has 0 bridgehead atoms. The van der Waals surface area contributed by atoms with Crippen LogP contribution in [-0.4, -0.2) is 25.2 Å². The standard InChI is InChI=1S/C24H25ClN2O3S/c1-3-19-10-12-21(13-11-19)26-24(28)17-27(16-20-6-4-5-7-23(20)25)31(29,30)22-14-8-18(2)9-15-22/h4-15H,3,16-17H2,1-2H3,(H,26,28). The monoisotopic (exact) mass is 456 g/mol. The fourth-order valence-electron chi connectivity index (χ4n) is 3.09. The van der Waals surface area contributed by atoms with Crippen LogP contribution in [0.4, 0.5) is 5.69 Å². The van der Waals surface area contributed by atoms with Crippen LogP contribution in [0.5, 0.6) is 0 Å². The molecule has 0 aromatic heterocycles. The number of benzene rings is 3. The molecular formula is C24H25ClN2O3S. The van der Waals surface area contributed by atoms with E-state index in [-0.39, 0.29) is 18.0 Å². The van der Waals surface area contributed by atoms with Crippen molar-refractivity contribution in [2.45, 2.75) is 31.7 Å².